The summed E-state index contributed by atoms with van der Waals surface area (Å²) in [7, 11) is 0. The topological polar surface area (TPSA) is 57.5 Å². The van der Waals surface area contributed by atoms with Crippen molar-refractivity contribution in [3.05, 3.63) is 23.5 Å². The fourth-order valence-corrected chi connectivity index (χ4v) is 1.17. The van der Waals surface area contributed by atoms with Crippen molar-refractivity contribution < 1.29 is 19.4 Å². The van der Waals surface area contributed by atoms with Gasteiger partial charge in [-0.15, -0.1) is 0 Å². The second-order valence-corrected chi connectivity index (χ2v) is 3.17. The van der Waals surface area contributed by atoms with E-state index in [4.69, 9.17) is 10.2 Å². The second-order valence-electron chi connectivity index (χ2n) is 3.17. The number of phenolic OH excluding ortho intramolecular Hbond substituents is 2. The zero-order valence-corrected chi connectivity index (χ0v) is 7.70. The summed E-state index contributed by atoms with van der Waals surface area (Å²) in [5.74, 6) is -2.31. The van der Waals surface area contributed by atoms with Crippen molar-refractivity contribution in [1.82, 2.24) is 0 Å². The van der Waals surface area contributed by atoms with Gasteiger partial charge in [0.15, 0.2) is 17.3 Å². The molecule has 0 aromatic heterocycles. The Morgan fingerprint density at radius 2 is 2.14 bits per heavy atom. The molecule has 0 saturated carbocycles. The lowest BCUT2D eigenvalue weighted by atomic mass is 9.98. The van der Waals surface area contributed by atoms with E-state index >= 15 is 0 Å². The first-order chi connectivity index (χ1) is 6.56. The molecule has 1 rings (SSSR count). The summed E-state index contributed by atoms with van der Waals surface area (Å²) >= 11 is 0. The van der Waals surface area contributed by atoms with Crippen LogP contribution in [0.5, 0.6) is 11.5 Å². The molecule has 0 radical (unpaired) electrons. The van der Waals surface area contributed by atoms with Crippen molar-refractivity contribution in [3.63, 3.8) is 0 Å². The van der Waals surface area contributed by atoms with Crippen LogP contribution in [0.3, 0.4) is 0 Å². The minimum absolute atomic E-state index is 0.173. The number of rotatable bonds is 3. The van der Waals surface area contributed by atoms with Crippen LogP contribution in [-0.4, -0.2) is 16.5 Å². The number of benzene rings is 1. The van der Waals surface area contributed by atoms with Crippen molar-refractivity contribution in [3.8, 4) is 11.5 Å². The van der Waals surface area contributed by atoms with E-state index in [1.54, 1.807) is 6.92 Å². The summed E-state index contributed by atoms with van der Waals surface area (Å²) < 4.78 is 12.9. The Bertz CT molecular complexity index is 326. The zero-order valence-electron chi connectivity index (χ0n) is 7.70. The fraction of sp³-hybridized carbons (Fsp3) is 0.300. The molecule has 4 heteroatoms. The molecule has 76 valence electrons. The summed E-state index contributed by atoms with van der Waals surface area (Å²) in [5, 5.41) is 18.1. The maximum Gasteiger partial charge on any atom is 0.194 e. The molecule has 0 aliphatic rings. The van der Waals surface area contributed by atoms with Crippen molar-refractivity contribution in [1.29, 1.82) is 0 Å². The van der Waals surface area contributed by atoms with Gasteiger partial charge in [0.05, 0.1) is 0 Å². The number of hydrogen-bond donors (Lipinski definition) is 2. The summed E-state index contributed by atoms with van der Waals surface area (Å²) in [6.07, 6.45) is 0.982. The number of carbonyl (C=O) groups excluding carboxylic acids is 1. The van der Waals surface area contributed by atoms with Crippen molar-refractivity contribution in [2.24, 2.45) is 0 Å². The molecule has 1 aromatic carbocycles. The Morgan fingerprint density at radius 3 is 2.64 bits per heavy atom. The molecule has 2 N–H and O–H groups in total. The quantitative estimate of drug-likeness (QED) is 0.576. The molecule has 0 bridgehead atoms. The van der Waals surface area contributed by atoms with E-state index < -0.39 is 17.3 Å². The van der Waals surface area contributed by atoms with Crippen molar-refractivity contribution in [2.45, 2.75) is 19.3 Å². The van der Waals surface area contributed by atoms with Crippen LogP contribution in [0.2, 0.25) is 0 Å². The number of phenols is 2. The smallest absolute Gasteiger partial charge is 0.194 e. The number of carbonyl (C=O) groups is 1. The molecule has 0 amide bonds. The third kappa shape index (κ3) is 2.02. The van der Waals surface area contributed by atoms with Crippen molar-refractivity contribution in [2.75, 3.05) is 0 Å². The lowest BCUT2D eigenvalue weighted by Gasteiger charge is -2.09. The lowest BCUT2D eigenvalue weighted by Crippen LogP contribution is -1.95. The maximum absolute atomic E-state index is 12.9. The first kappa shape index (κ1) is 10.5. The molecule has 0 fully saturated rings. The molecule has 1 aromatic rings. The van der Waals surface area contributed by atoms with E-state index in [1.165, 1.54) is 6.07 Å². The molecule has 0 heterocycles. The number of aldehydes is 1. The van der Waals surface area contributed by atoms with E-state index in [1.807, 2.05) is 0 Å². The molecule has 14 heavy (non-hydrogen) atoms. The lowest BCUT2D eigenvalue weighted by molar-refractivity contribution is -0.108. The van der Waals surface area contributed by atoms with Crippen LogP contribution in [0.1, 0.15) is 24.8 Å². The highest BCUT2D eigenvalue weighted by Gasteiger charge is 2.12. The minimum atomic E-state index is -0.877. The Hall–Kier alpha value is -1.58. The Morgan fingerprint density at radius 1 is 1.50 bits per heavy atom. The van der Waals surface area contributed by atoms with E-state index in [-0.39, 0.29) is 12.3 Å². The maximum atomic E-state index is 12.9. The first-order valence-electron chi connectivity index (χ1n) is 4.21. The zero-order chi connectivity index (χ0) is 10.7. The van der Waals surface area contributed by atoms with E-state index in [9.17, 15) is 9.18 Å². The monoisotopic (exact) mass is 198 g/mol. The second kappa shape index (κ2) is 4.09. The van der Waals surface area contributed by atoms with Crippen LogP contribution in [0.15, 0.2) is 12.1 Å². The van der Waals surface area contributed by atoms with Gasteiger partial charge in [0.1, 0.15) is 6.29 Å². The molecule has 3 nitrogen and oxygen atoms in total. The number of aromatic hydroxyl groups is 2. The van der Waals surface area contributed by atoms with Crippen LogP contribution >= 0.6 is 0 Å². The molecule has 0 spiro atoms. The van der Waals surface area contributed by atoms with E-state index in [2.05, 4.69) is 0 Å². The van der Waals surface area contributed by atoms with Gasteiger partial charge in [0.2, 0.25) is 0 Å². The SMILES string of the molecule is CC(CC=O)c1cc(O)c(O)c(F)c1. The summed E-state index contributed by atoms with van der Waals surface area (Å²) in [4.78, 5) is 10.2. The largest absolute Gasteiger partial charge is 0.504 e. The minimum Gasteiger partial charge on any atom is -0.504 e. The summed E-state index contributed by atoms with van der Waals surface area (Å²) in [6, 6.07) is 2.37. The Labute approximate surface area is 80.8 Å². The van der Waals surface area contributed by atoms with Gasteiger partial charge in [-0.3, -0.25) is 0 Å². The Kier molecular flexibility index (Phi) is 3.06. The molecule has 1 unspecified atom stereocenters. The molecular formula is C10H11FO3. The average Bonchev–Trinajstić information content (AvgIpc) is 2.13. The summed E-state index contributed by atoms with van der Waals surface area (Å²) in [5.41, 5.74) is 0.491. The predicted molar refractivity (Wildman–Crippen MR) is 48.8 cm³/mol. The van der Waals surface area contributed by atoms with Gasteiger partial charge < -0.3 is 15.0 Å². The predicted octanol–water partition coefficient (Wildman–Crippen LogP) is 1.93. The molecule has 0 saturated heterocycles. The normalized spacial score (nSPS) is 12.4. The third-order valence-corrected chi connectivity index (χ3v) is 2.08. The number of hydrogen-bond acceptors (Lipinski definition) is 3. The van der Waals surface area contributed by atoms with Crippen LogP contribution in [-0.2, 0) is 4.79 Å². The highest BCUT2D eigenvalue weighted by atomic mass is 19.1. The highest BCUT2D eigenvalue weighted by Crippen LogP contribution is 2.32. The van der Waals surface area contributed by atoms with Gasteiger partial charge in [0, 0.05) is 6.42 Å². The molecule has 0 aliphatic heterocycles. The Balaban J connectivity index is 3.05. The third-order valence-electron chi connectivity index (χ3n) is 2.08. The van der Waals surface area contributed by atoms with Gasteiger partial charge >= 0.3 is 0 Å². The van der Waals surface area contributed by atoms with E-state index in [0.29, 0.717) is 5.56 Å². The van der Waals surface area contributed by atoms with Crippen LogP contribution in [0, 0.1) is 5.82 Å². The van der Waals surface area contributed by atoms with Gasteiger partial charge in [-0.25, -0.2) is 4.39 Å². The van der Waals surface area contributed by atoms with Crippen LogP contribution in [0.25, 0.3) is 0 Å². The van der Waals surface area contributed by atoms with Gasteiger partial charge in [-0.1, -0.05) is 6.92 Å². The first-order valence-corrected chi connectivity index (χ1v) is 4.21. The molecule has 0 aliphatic carbocycles. The summed E-state index contributed by atoms with van der Waals surface area (Å²) in [6.45, 7) is 1.74. The van der Waals surface area contributed by atoms with Gasteiger partial charge in [0.25, 0.3) is 0 Å². The van der Waals surface area contributed by atoms with Crippen LogP contribution in [0.4, 0.5) is 4.39 Å². The molecule has 1 atom stereocenters. The van der Waals surface area contributed by atoms with Crippen LogP contribution < -0.4 is 0 Å². The highest BCUT2D eigenvalue weighted by molar-refractivity contribution is 5.52. The fourth-order valence-electron chi connectivity index (χ4n) is 1.17. The van der Waals surface area contributed by atoms with Gasteiger partial charge in [-0.2, -0.15) is 0 Å². The number of halogens is 1. The standard InChI is InChI=1S/C10H11FO3/c1-6(2-3-12)7-4-8(11)10(14)9(13)5-7/h3-6,13-14H,2H2,1H3. The molecular weight excluding hydrogens is 187 g/mol. The van der Waals surface area contributed by atoms with Gasteiger partial charge in [-0.05, 0) is 23.6 Å². The van der Waals surface area contributed by atoms with Crippen molar-refractivity contribution >= 4 is 6.29 Å². The van der Waals surface area contributed by atoms with E-state index in [0.717, 1.165) is 12.4 Å². The average molecular weight is 198 g/mol.